The zero-order chi connectivity index (χ0) is 14.6. The van der Waals surface area contributed by atoms with Gasteiger partial charge in [-0.25, -0.2) is 0 Å². The highest BCUT2D eigenvalue weighted by molar-refractivity contribution is 5.81. The average Bonchev–Trinajstić information content (AvgIpc) is 2.41. The Balaban J connectivity index is 1.90. The van der Waals surface area contributed by atoms with Gasteiger partial charge in [0.2, 0.25) is 5.91 Å². The van der Waals surface area contributed by atoms with E-state index in [4.69, 9.17) is 5.73 Å². The molecule has 3 heteroatoms. The molecular formula is C17H26N2O. The lowest BCUT2D eigenvalue weighted by atomic mass is 9.65. The van der Waals surface area contributed by atoms with Crippen LogP contribution in [0.25, 0.3) is 0 Å². The predicted octanol–water partition coefficient (Wildman–Crippen LogP) is 2.50. The Morgan fingerprint density at radius 2 is 1.95 bits per heavy atom. The minimum atomic E-state index is -0.399. The van der Waals surface area contributed by atoms with Crippen molar-refractivity contribution in [2.24, 2.45) is 17.1 Å². The Bertz CT molecular complexity index is 438. The van der Waals surface area contributed by atoms with E-state index >= 15 is 0 Å². The minimum absolute atomic E-state index is 0.0145. The summed E-state index contributed by atoms with van der Waals surface area (Å²) < 4.78 is 0. The van der Waals surface area contributed by atoms with Crippen molar-refractivity contribution in [2.45, 2.75) is 45.6 Å². The lowest BCUT2D eigenvalue weighted by Gasteiger charge is -2.42. The number of hydrogen-bond donors (Lipinski definition) is 2. The minimum Gasteiger partial charge on any atom is -0.354 e. The Hall–Kier alpha value is -1.35. The van der Waals surface area contributed by atoms with Gasteiger partial charge in [-0.2, -0.15) is 0 Å². The summed E-state index contributed by atoms with van der Waals surface area (Å²) >= 11 is 0. The Labute approximate surface area is 121 Å². The molecule has 20 heavy (non-hydrogen) atoms. The third kappa shape index (κ3) is 3.60. The van der Waals surface area contributed by atoms with Gasteiger partial charge in [0.25, 0.3) is 0 Å². The molecule has 0 spiro atoms. The van der Waals surface area contributed by atoms with Crippen LogP contribution in [0, 0.1) is 11.3 Å². The first-order chi connectivity index (χ1) is 9.52. The average molecular weight is 274 g/mol. The lowest BCUT2D eigenvalue weighted by Crippen LogP contribution is -2.49. The van der Waals surface area contributed by atoms with E-state index in [0.29, 0.717) is 0 Å². The van der Waals surface area contributed by atoms with Crippen LogP contribution in [0.3, 0.4) is 0 Å². The Kier molecular flexibility index (Phi) is 4.81. The summed E-state index contributed by atoms with van der Waals surface area (Å²) in [5.74, 6) is 0.167. The number of benzene rings is 1. The van der Waals surface area contributed by atoms with Gasteiger partial charge in [-0.05, 0) is 36.2 Å². The number of amides is 1. The third-order valence-corrected chi connectivity index (χ3v) is 4.49. The van der Waals surface area contributed by atoms with E-state index in [1.54, 1.807) is 0 Å². The first kappa shape index (κ1) is 15.0. The van der Waals surface area contributed by atoms with Crippen LogP contribution in [0.1, 0.15) is 38.7 Å². The summed E-state index contributed by atoms with van der Waals surface area (Å²) in [6.45, 7) is 4.71. The molecule has 1 aliphatic rings. The molecule has 1 aliphatic carbocycles. The topological polar surface area (TPSA) is 55.1 Å². The van der Waals surface area contributed by atoms with Crippen LogP contribution in [0.15, 0.2) is 30.3 Å². The van der Waals surface area contributed by atoms with Crippen LogP contribution in [0.2, 0.25) is 0 Å². The number of hydrogen-bond acceptors (Lipinski definition) is 2. The van der Waals surface area contributed by atoms with Crippen LogP contribution in [-0.4, -0.2) is 18.5 Å². The van der Waals surface area contributed by atoms with E-state index in [0.717, 1.165) is 13.0 Å². The smallest absolute Gasteiger partial charge is 0.237 e. The van der Waals surface area contributed by atoms with E-state index in [-0.39, 0.29) is 17.2 Å². The molecule has 110 valence electrons. The highest BCUT2D eigenvalue weighted by Crippen LogP contribution is 2.43. The quantitative estimate of drug-likeness (QED) is 0.837. The molecule has 1 aromatic rings. The number of nitrogens with two attached hydrogens (primary N) is 1. The van der Waals surface area contributed by atoms with Gasteiger partial charge in [-0.15, -0.1) is 0 Å². The molecule has 0 aliphatic heterocycles. The molecular weight excluding hydrogens is 248 g/mol. The fraction of sp³-hybridized carbons (Fsp3) is 0.588. The van der Waals surface area contributed by atoms with Gasteiger partial charge in [0.05, 0.1) is 6.04 Å². The summed E-state index contributed by atoms with van der Waals surface area (Å²) in [6, 6.07) is 10.1. The van der Waals surface area contributed by atoms with Crippen molar-refractivity contribution in [3.05, 3.63) is 35.9 Å². The molecule has 1 aromatic carbocycles. The van der Waals surface area contributed by atoms with Crippen molar-refractivity contribution in [1.29, 1.82) is 0 Å². The third-order valence-electron chi connectivity index (χ3n) is 4.49. The summed E-state index contributed by atoms with van der Waals surface area (Å²) in [5.41, 5.74) is 7.49. The van der Waals surface area contributed by atoms with Gasteiger partial charge in [-0.3, -0.25) is 4.79 Å². The van der Waals surface area contributed by atoms with Crippen LogP contribution >= 0.6 is 0 Å². The van der Waals surface area contributed by atoms with Gasteiger partial charge in [0.15, 0.2) is 0 Å². The van der Waals surface area contributed by atoms with Crippen LogP contribution in [0.5, 0.6) is 0 Å². The molecule has 0 bridgehead atoms. The van der Waals surface area contributed by atoms with Crippen molar-refractivity contribution in [2.75, 3.05) is 6.54 Å². The Morgan fingerprint density at radius 3 is 2.45 bits per heavy atom. The second-order valence-corrected chi connectivity index (χ2v) is 6.50. The van der Waals surface area contributed by atoms with Gasteiger partial charge in [0, 0.05) is 6.54 Å². The van der Waals surface area contributed by atoms with Crippen molar-refractivity contribution in [3.63, 3.8) is 0 Å². The molecule has 0 unspecified atom stereocenters. The zero-order valence-electron chi connectivity index (χ0n) is 12.6. The highest BCUT2D eigenvalue weighted by atomic mass is 16.2. The van der Waals surface area contributed by atoms with Crippen LogP contribution in [0.4, 0.5) is 0 Å². The number of rotatable bonds is 6. The first-order valence-corrected chi connectivity index (χ1v) is 7.60. The predicted molar refractivity (Wildman–Crippen MR) is 82.3 cm³/mol. The maximum atomic E-state index is 12.0. The fourth-order valence-corrected chi connectivity index (χ4v) is 2.82. The van der Waals surface area contributed by atoms with E-state index in [1.807, 2.05) is 19.9 Å². The molecule has 3 N–H and O–H groups in total. The largest absolute Gasteiger partial charge is 0.354 e. The second kappa shape index (κ2) is 6.40. The fourth-order valence-electron chi connectivity index (χ4n) is 2.82. The van der Waals surface area contributed by atoms with Gasteiger partial charge in [0.1, 0.15) is 0 Å². The van der Waals surface area contributed by atoms with E-state index in [2.05, 4.69) is 29.6 Å². The lowest BCUT2D eigenvalue weighted by molar-refractivity contribution is -0.124. The van der Waals surface area contributed by atoms with Gasteiger partial charge in [-0.1, -0.05) is 50.6 Å². The van der Waals surface area contributed by atoms with E-state index in [1.165, 1.54) is 24.8 Å². The molecule has 3 nitrogen and oxygen atoms in total. The number of carbonyl (C=O) groups is 1. The highest BCUT2D eigenvalue weighted by Gasteiger charge is 2.37. The van der Waals surface area contributed by atoms with Crippen LogP contribution in [-0.2, 0) is 11.2 Å². The van der Waals surface area contributed by atoms with Gasteiger partial charge < -0.3 is 11.1 Å². The van der Waals surface area contributed by atoms with Crippen molar-refractivity contribution in [3.8, 4) is 0 Å². The summed E-state index contributed by atoms with van der Waals surface area (Å²) in [5, 5.41) is 3.06. The summed E-state index contributed by atoms with van der Waals surface area (Å²) in [6.07, 6.45) is 4.70. The van der Waals surface area contributed by atoms with E-state index in [9.17, 15) is 4.79 Å². The molecule has 1 amide bonds. The molecule has 0 radical (unpaired) electrons. The molecule has 1 atom stereocenters. The normalized spacial score (nSPS) is 18.4. The molecule has 1 fully saturated rings. The van der Waals surface area contributed by atoms with Crippen LogP contribution < -0.4 is 11.1 Å². The van der Waals surface area contributed by atoms with Crippen molar-refractivity contribution >= 4 is 5.91 Å². The molecule has 0 saturated heterocycles. The monoisotopic (exact) mass is 274 g/mol. The van der Waals surface area contributed by atoms with Crippen molar-refractivity contribution in [1.82, 2.24) is 5.32 Å². The number of carbonyl (C=O) groups excluding carboxylic acids is 1. The van der Waals surface area contributed by atoms with Gasteiger partial charge >= 0.3 is 0 Å². The molecule has 0 heterocycles. The number of nitrogens with one attached hydrogen (secondary N) is 1. The first-order valence-electron chi connectivity index (χ1n) is 7.60. The molecule has 0 aromatic heterocycles. The summed E-state index contributed by atoms with van der Waals surface area (Å²) in [7, 11) is 0. The zero-order valence-corrected chi connectivity index (χ0v) is 12.6. The Morgan fingerprint density at radius 1 is 1.30 bits per heavy atom. The van der Waals surface area contributed by atoms with E-state index < -0.39 is 6.04 Å². The molecule has 1 saturated carbocycles. The van der Waals surface area contributed by atoms with Crippen molar-refractivity contribution < 1.29 is 4.79 Å². The standard InChI is InChI=1S/C17H26N2O/c1-13(2)15(18)16(20)19-12-17(9-6-10-17)11-14-7-4-3-5-8-14/h3-5,7-8,13,15H,6,9-12,18H2,1-2H3,(H,19,20)/t15-/m0/s1. The SMILES string of the molecule is CC(C)[C@H](N)C(=O)NCC1(Cc2ccccc2)CCC1. The maximum absolute atomic E-state index is 12.0. The summed E-state index contributed by atoms with van der Waals surface area (Å²) in [4.78, 5) is 12.0. The molecule has 2 rings (SSSR count). The second-order valence-electron chi connectivity index (χ2n) is 6.50. The maximum Gasteiger partial charge on any atom is 0.237 e.